The lowest BCUT2D eigenvalue weighted by molar-refractivity contribution is -0.124. The second-order valence-electron chi connectivity index (χ2n) is 5.25. The van der Waals surface area contributed by atoms with Crippen LogP contribution in [0.15, 0.2) is 24.3 Å². The van der Waals surface area contributed by atoms with E-state index in [4.69, 9.17) is 16.3 Å². The lowest BCUT2D eigenvalue weighted by atomic mass is 10.1. The molecule has 1 unspecified atom stereocenters. The number of rotatable bonds is 5. The molecule has 1 aromatic rings. The molecular weight excluding hydrogens is 328 g/mol. The highest BCUT2D eigenvalue weighted by Crippen LogP contribution is 2.22. The Bertz CT molecular complexity index is 635. The van der Waals surface area contributed by atoms with Crippen LogP contribution in [-0.4, -0.2) is 50.6 Å². The molecule has 1 atom stereocenters. The van der Waals surface area contributed by atoms with Gasteiger partial charge in [-0.25, -0.2) is 12.7 Å². The highest BCUT2D eigenvalue weighted by molar-refractivity contribution is 7.88. The molecule has 2 rings (SSSR count). The predicted molar refractivity (Wildman–Crippen MR) is 84.5 cm³/mol. The third-order valence-corrected chi connectivity index (χ3v) is 5.00. The number of halogens is 1. The van der Waals surface area contributed by atoms with E-state index in [2.05, 4.69) is 5.32 Å². The lowest BCUT2D eigenvalue weighted by Crippen LogP contribution is -2.50. The molecule has 0 aromatic heterocycles. The molecule has 0 saturated carbocycles. The third kappa shape index (κ3) is 4.86. The van der Waals surface area contributed by atoms with Crippen molar-refractivity contribution in [3.8, 4) is 5.75 Å². The largest absolute Gasteiger partial charge is 0.482 e. The monoisotopic (exact) mass is 346 g/mol. The van der Waals surface area contributed by atoms with Crippen molar-refractivity contribution >= 4 is 27.5 Å². The van der Waals surface area contributed by atoms with Crippen LogP contribution in [0.4, 0.5) is 0 Å². The average molecular weight is 347 g/mol. The number of nitrogens with one attached hydrogen (secondary N) is 1. The Kier molecular flexibility index (Phi) is 5.66. The summed E-state index contributed by atoms with van der Waals surface area (Å²) in [5.41, 5.74) is 0. The molecule has 1 fully saturated rings. The number of carbonyl (C=O) groups is 1. The van der Waals surface area contributed by atoms with Crippen molar-refractivity contribution in [1.82, 2.24) is 9.62 Å². The van der Waals surface area contributed by atoms with Crippen LogP contribution in [0.5, 0.6) is 5.75 Å². The van der Waals surface area contributed by atoms with Gasteiger partial charge in [-0.2, -0.15) is 0 Å². The fraction of sp³-hybridized carbons (Fsp3) is 0.500. The quantitative estimate of drug-likeness (QED) is 0.870. The Balaban J connectivity index is 1.83. The van der Waals surface area contributed by atoms with Crippen LogP contribution in [0.3, 0.4) is 0 Å². The Hall–Kier alpha value is -1.31. The molecule has 1 aliphatic heterocycles. The number of piperidine rings is 1. The molecule has 0 spiro atoms. The van der Waals surface area contributed by atoms with Gasteiger partial charge in [0.2, 0.25) is 10.0 Å². The Morgan fingerprint density at radius 3 is 2.86 bits per heavy atom. The summed E-state index contributed by atoms with van der Waals surface area (Å²) in [6.45, 7) is 0.650. The minimum absolute atomic E-state index is 0.154. The second-order valence-corrected chi connectivity index (χ2v) is 7.64. The van der Waals surface area contributed by atoms with Crippen molar-refractivity contribution in [2.45, 2.75) is 18.9 Å². The van der Waals surface area contributed by atoms with Gasteiger partial charge in [-0.1, -0.05) is 23.7 Å². The zero-order chi connectivity index (χ0) is 16.2. The molecule has 1 heterocycles. The summed E-state index contributed by atoms with van der Waals surface area (Å²) in [6, 6.07) is 6.72. The number of ether oxygens (including phenoxy) is 1. The van der Waals surface area contributed by atoms with E-state index in [1.165, 1.54) is 10.6 Å². The number of carbonyl (C=O) groups excluding carboxylic acids is 1. The second kappa shape index (κ2) is 7.30. The van der Waals surface area contributed by atoms with Crippen molar-refractivity contribution in [1.29, 1.82) is 0 Å². The first-order valence-corrected chi connectivity index (χ1v) is 9.20. The highest BCUT2D eigenvalue weighted by atomic mass is 35.5. The topological polar surface area (TPSA) is 75.7 Å². The van der Waals surface area contributed by atoms with Crippen molar-refractivity contribution in [2.24, 2.45) is 0 Å². The van der Waals surface area contributed by atoms with Gasteiger partial charge >= 0.3 is 0 Å². The van der Waals surface area contributed by atoms with Gasteiger partial charge < -0.3 is 10.1 Å². The standard InChI is InChI=1S/C14H19ClN2O4S/c1-22(19,20)17-8-4-5-11(9-17)16-14(18)10-21-13-7-3-2-6-12(13)15/h2-3,6-7,11H,4-5,8-10H2,1H3,(H,16,18). The first kappa shape index (κ1) is 17.1. The number of nitrogens with zero attached hydrogens (tertiary/aromatic N) is 1. The van der Waals surface area contributed by atoms with Crippen LogP contribution in [-0.2, 0) is 14.8 Å². The first-order chi connectivity index (χ1) is 10.4. The summed E-state index contributed by atoms with van der Waals surface area (Å²) >= 11 is 5.94. The maximum atomic E-state index is 11.9. The van der Waals surface area contributed by atoms with Gasteiger partial charge in [0.05, 0.1) is 11.3 Å². The average Bonchev–Trinajstić information content (AvgIpc) is 2.46. The lowest BCUT2D eigenvalue weighted by Gasteiger charge is -2.31. The smallest absolute Gasteiger partial charge is 0.258 e. The van der Waals surface area contributed by atoms with E-state index in [-0.39, 0.29) is 18.6 Å². The summed E-state index contributed by atoms with van der Waals surface area (Å²) < 4.78 is 29.8. The predicted octanol–water partition coefficient (Wildman–Crippen LogP) is 1.26. The van der Waals surface area contributed by atoms with E-state index >= 15 is 0 Å². The number of hydrogen-bond donors (Lipinski definition) is 1. The molecule has 8 heteroatoms. The molecule has 1 amide bonds. The highest BCUT2D eigenvalue weighted by Gasteiger charge is 2.26. The summed E-state index contributed by atoms with van der Waals surface area (Å²) in [5.74, 6) is 0.154. The van der Waals surface area contributed by atoms with E-state index in [1.807, 2.05) is 0 Å². The Morgan fingerprint density at radius 1 is 1.45 bits per heavy atom. The number of sulfonamides is 1. The fourth-order valence-corrected chi connectivity index (χ4v) is 3.44. The number of benzene rings is 1. The number of amides is 1. The summed E-state index contributed by atoms with van der Waals surface area (Å²) in [7, 11) is -3.22. The van der Waals surface area contributed by atoms with Gasteiger partial charge in [0.15, 0.2) is 6.61 Å². The Labute approximate surface area is 135 Å². The summed E-state index contributed by atoms with van der Waals surface area (Å²) in [4.78, 5) is 11.9. The first-order valence-electron chi connectivity index (χ1n) is 6.98. The van der Waals surface area contributed by atoms with Crippen LogP contribution < -0.4 is 10.1 Å². The van der Waals surface area contributed by atoms with E-state index in [0.717, 1.165) is 12.8 Å². The Morgan fingerprint density at radius 2 is 2.18 bits per heavy atom. The van der Waals surface area contributed by atoms with Crippen molar-refractivity contribution in [3.63, 3.8) is 0 Å². The van der Waals surface area contributed by atoms with E-state index in [9.17, 15) is 13.2 Å². The van der Waals surface area contributed by atoms with Crippen LogP contribution >= 0.6 is 11.6 Å². The molecule has 0 bridgehead atoms. The SMILES string of the molecule is CS(=O)(=O)N1CCCC(NC(=O)COc2ccccc2Cl)C1. The summed E-state index contributed by atoms with van der Waals surface area (Å²) in [6.07, 6.45) is 2.66. The number of hydrogen-bond acceptors (Lipinski definition) is 4. The van der Waals surface area contributed by atoms with E-state index in [0.29, 0.717) is 23.9 Å². The molecule has 0 aliphatic carbocycles. The van der Waals surface area contributed by atoms with Gasteiger partial charge in [-0.3, -0.25) is 4.79 Å². The third-order valence-electron chi connectivity index (χ3n) is 3.41. The molecular formula is C14H19ClN2O4S. The fourth-order valence-electron chi connectivity index (χ4n) is 2.34. The normalized spacial score (nSPS) is 19.6. The molecule has 1 aromatic carbocycles. The molecule has 1 aliphatic rings. The minimum Gasteiger partial charge on any atom is -0.482 e. The number of para-hydroxylation sites is 1. The van der Waals surface area contributed by atoms with E-state index in [1.54, 1.807) is 24.3 Å². The van der Waals surface area contributed by atoms with Gasteiger partial charge in [0.25, 0.3) is 5.91 Å². The molecule has 6 nitrogen and oxygen atoms in total. The van der Waals surface area contributed by atoms with Gasteiger partial charge in [-0.05, 0) is 25.0 Å². The zero-order valence-electron chi connectivity index (χ0n) is 12.3. The van der Waals surface area contributed by atoms with Crippen molar-refractivity contribution in [2.75, 3.05) is 26.0 Å². The van der Waals surface area contributed by atoms with E-state index < -0.39 is 10.0 Å². The molecule has 22 heavy (non-hydrogen) atoms. The molecule has 0 radical (unpaired) electrons. The van der Waals surface area contributed by atoms with Crippen LogP contribution in [0, 0.1) is 0 Å². The molecule has 122 valence electrons. The van der Waals surface area contributed by atoms with Crippen molar-refractivity contribution in [3.05, 3.63) is 29.3 Å². The van der Waals surface area contributed by atoms with Crippen LogP contribution in [0.1, 0.15) is 12.8 Å². The maximum absolute atomic E-state index is 11.9. The minimum atomic E-state index is -3.22. The van der Waals surface area contributed by atoms with Crippen LogP contribution in [0.25, 0.3) is 0 Å². The van der Waals surface area contributed by atoms with Crippen molar-refractivity contribution < 1.29 is 17.9 Å². The van der Waals surface area contributed by atoms with Crippen LogP contribution in [0.2, 0.25) is 5.02 Å². The zero-order valence-corrected chi connectivity index (χ0v) is 13.9. The van der Waals surface area contributed by atoms with Gasteiger partial charge in [0.1, 0.15) is 5.75 Å². The van der Waals surface area contributed by atoms with Gasteiger partial charge in [-0.15, -0.1) is 0 Å². The summed E-state index contributed by atoms with van der Waals surface area (Å²) in [5, 5.41) is 3.24. The molecule has 1 saturated heterocycles. The molecule has 1 N–H and O–H groups in total. The maximum Gasteiger partial charge on any atom is 0.258 e. The van der Waals surface area contributed by atoms with Gasteiger partial charge in [0, 0.05) is 19.1 Å².